The van der Waals surface area contributed by atoms with E-state index < -0.39 is 5.60 Å². The Balaban J connectivity index is 1.20. The van der Waals surface area contributed by atoms with Crippen LogP contribution in [0.2, 0.25) is 0 Å². The molecule has 0 bridgehead atoms. The van der Waals surface area contributed by atoms with Crippen molar-refractivity contribution in [3.8, 4) is 0 Å². The summed E-state index contributed by atoms with van der Waals surface area (Å²) in [6, 6.07) is 23.1. The van der Waals surface area contributed by atoms with Crippen LogP contribution in [-0.4, -0.2) is 39.0 Å². The fourth-order valence-corrected chi connectivity index (χ4v) is 4.91. The number of nitrogens with zero attached hydrogens (tertiary/aromatic N) is 3. The number of para-hydroxylation sites is 1. The van der Waals surface area contributed by atoms with Crippen LogP contribution in [0.3, 0.4) is 0 Å². The highest BCUT2D eigenvalue weighted by atomic mass is 32.2. The molecule has 1 fully saturated rings. The minimum atomic E-state index is -0.866. The Kier molecular flexibility index (Phi) is 5.98. The summed E-state index contributed by atoms with van der Waals surface area (Å²) in [6.45, 7) is 1.06. The first-order chi connectivity index (χ1) is 16.1. The molecule has 0 spiro atoms. The molecule has 1 amide bonds. The molecule has 0 atom stereocenters. The third-order valence-electron chi connectivity index (χ3n) is 6.06. The molecule has 7 heteroatoms. The first-order valence-corrected chi connectivity index (χ1v) is 11.7. The van der Waals surface area contributed by atoms with Crippen LogP contribution >= 0.6 is 11.9 Å². The molecule has 3 aromatic carbocycles. The Bertz CT molecular complexity index is 1250. The second-order valence-corrected chi connectivity index (χ2v) is 9.00. The molecule has 6 nitrogen and oxygen atoms in total. The predicted molar refractivity (Wildman–Crippen MR) is 131 cm³/mol. The number of likely N-dealkylation sites (tertiary alicyclic amines) is 1. The van der Waals surface area contributed by atoms with E-state index in [0.717, 1.165) is 27.2 Å². The van der Waals surface area contributed by atoms with Gasteiger partial charge in [0.2, 0.25) is 0 Å². The third kappa shape index (κ3) is 4.55. The summed E-state index contributed by atoms with van der Waals surface area (Å²) in [5, 5.41) is 11.0. The van der Waals surface area contributed by atoms with Crippen molar-refractivity contribution in [2.45, 2.75) is 23.3 Å². The highest BCUT2D eigenvalue weighted by Crippen LogP contribution is 2.33. The Hall–Kier alpha value is -3.42. The minimum Gasteiger partial charge on any atom is -0.385 e. The molecule has 0 saturated carbocycles. The topological polar surface area (TPSA) is 78.4 Å². The maximum absolute atomic E-state index is 13.0. The number of fused-ring (bicyclic) bond motifs is 1. The van der Waals surface area contributed by atoms with Gasteiger partial charge in [0.05, 0.1) is 16.0 Å². The van der Waals surface area contributed by atoms with Crippen LogP contribution in [0.25, 0.3) is 11.0 Å². The quantitative estimate of drug-likeness (QED) is 0.417. The van der Waals surface area contributed by atoms with Gasteiger partial charge in [0.25, 0.3) is 5.91 Å². The van der Waals surface area contributed by atoms with Crippen molar-refractivity contribution in [3.05, 3.63) is 96.3 Å². The lowest BCUT2D eigenvalue weighted by atomic mass is 9.84. The van der Waals surface area contributed by atoms with Gasteiger partial charge in [-0.2, -0.15) is 0 Å². The average molecular weight is 457 g/mol. The van der Waals surface area contributed by atoms with Gasteiger partial charge >= 0.3 is 0 Å². The van der Waals surface area contributed by atoms with Crippen molar-refractivity contribution >= 4 is 34.6 Å². The van der Waals surface area contributed by atoms with Crippen molar-refractivity contribution in [1.29, 1.82) is 0 Å². The van der Waals surface area contributed by atoms with Gasteiger partial charge in [0.1, 0.15) is 5.52 Å². The number of carbonyl (C=O) groups is 1. The number of carbonyl (C=O) groups excluding carboxylic acids is 1. The monoisotopic (exact) mass is 456 g/mol. The summed E-state index contributed by atoms with van der Waals surface area (Å²) < 4.78 is 3.32. The van der Waals surface area contributed by atoms with Crippen molar-refractivity contribution in [1.82, 2.24) is 14.9 Å². The summed E-state index contributed by atoms with van der Waals surface area (Å²) >= 11 is 1.47. The highest BCUT2D eigenvalue weighted by Gasteiger charge is 2.35. The smallest absolute Gasteiger partial charge is 0.253 e. The maximum atomic E-state index is 13.0. The van der Waals surface area contributed by atoms with Gasteiger partial charge in [-0.1, -0.05) is 36.4 Å². The largest absolute Gasteiger partial charge is 0.385 e. The summed E-state index contributed by atoms with van der Waals surface area (Å²) in [6.07, 6.45) is 4.44. The Labute approximate surface area is 196 Å². The molecule has 33 heavy (non-hydrogen) atoms. The molecule has 0 aliphatic carbocycles. The SMILES string of the molecule is O=C(c1ccc(NSc2cccc3nccnc23)cc1)N1CCC(O)(c2ccccc2)CC1. The van der Waals surface area contributed by atoms with Crippen LogP contribution in [-0.2, 0) is 5.60 Å². The fraction of sp³-hybridized carbons (Fsp3) is 0.192. The zero-order chi connectivity index (χ0) is 22.7. The standard InChI is InChI=1S/C26H24N4O2S/c31-25(30-17-13-26(32,14-18-30)20-5-2-1-3-6-20)19-9-11-21(12-10-19)29-33-23-8-4-7-22-24(23)28-16-15-27-22/h1-12,15-16,29,32H,13-14,17-18H2. The minimum absolute atomic E-state index is 0.00589. The molecule has 1 saturated heterocycles. The molecule has 2 N–H and O–H groups in total. The third-order valence-corrected chi connectivity index (χ3v) is 6.95. The van der Waals surface area contributed by atoms with Gasteiger partial charge in [0.15, 0.2) is 0 Å². The van der Waals surface area contributed by atoms with E-state index in [1.165, 1.54) is 11.9 Å². The van der Waals surface area contributed by atoms with Crippen LogP contribution in [0, 0.1) is 0 Å². The molecule has 2 heterocycles. The van der Waals surface area contributed by atoms with E-state index in [-0.39, 0.29) is 5.91 Å². The normalized spacial score (nSPS) is 15.4. The lowest BCUT2D eigenvalue weighted by Crippen LogP contribution is -2.45. The number of amides is 1. The lowest BCUT2D eigenvalue weighted by Gasteiger charge is -2.38. The number of rotatable bonds is 5. The molecular formula is C26H24N4O2S. The van der Waals surface area contributed by atoms with E-state index in [1.807, 2.05) is 77.7 Å². The molecule has 0 radical (unpaired) electrons. The van der Waals surface area contributed by atoms with Crippen molar-refractivity contribution in [3.63, 3.8) is 0 Å². The van der Waals surface area contributed by atoms with Crippen LogP contribution in [0.4, 0.5) is 5.69 Å². The Morgan fingerprint density at radius 2 is 1.64 bits per heavy atom. The van der Waals surface area contributed by atoms with Crippen molar-refractivity contribution in [2.75, 3.05) is 17.8 Å². The number of nitrogens with one attached hydrogen (secondary N) is 1. The second-order valence-electron chi connectivity index (χ2n) is 8.15. The van der Waals surface area contributed by atoms with Gasteiger partial charge < -0.3 is 14.7 Å². The number of aromatic nitrogens is 2. The number of anilines is 1. The van der Waals surface area contributed by atoms with E-state index >= 15 is 0 Å². The van der Waals surface area contributed by atoms with Crippen molar-refractivity contribution < 1.29 is 9.90 Å². The number of aliphatic hydroxyl groups is 1. The van der Waals surface area contributed by atoms with E-state index in [0.29, 0.717) is 31.5 Å². The van der Waals surface area contributed by atoms with Crippen LogP contribution < -0.4 is 4.72 Å². The van der Waals surface area contributed by atoms with Crippen LogP contribution in [0.15, 0.2) is 90.1 Å². The highest BCUT2D eigenvalue weighted by molar-refractivity contribution is 8.00. The van der Waals surface area contributed by atoms with Gasteiger partial charge in [0, 0.05) is 36.7 Å². The Morgan fingerprint density at radius 1 is 0.909 bits per heavy atom. The molecule has 1 aliphatic rings. The molecule has 1 aliphatic heterocycles. The van der Waals surface area contributed by atoms with Gasteiger partial charge in [-0.05, 0) is 66.8 Å². The molecule has 1 aromatic heterocycles. The van der Waals surface area contributed by atoms with Gasteiger partial charge in [-0.15, -0.1) is 0 Å². The molecule has 166 valence electrons. The number of benzene rings is 3. The van der Waals surface area contributed by atoms with E-state index in [1.54, 1.807) is 12.4 Å². The molecule has 0 unspecified atom stereocenters. The van der Waals surface area contributed by atoms with Crippen molar-refractivity contribution in [2.24, 2.45) is 0 Å². The lowest BCUT2D eigenvalue weighted by molar-refractivity contribution is -0.0211. The zero-order valence-electron chi connectivity index (χ0n) is 18.0. The molecule has 5 rings (SSSR count). The first-order valence-electron chi connectivity index (χ1n) is 10.9. The molecule has 4 aromatic rings. The number of piperidine rings is 1. The summed E-state index contributed by atoms with van der Waals surface area (Å²) in [5.74, 6) is -0.00589. The number of hydrogen-bond acceptors (Lipinski definition) is 6. The summed E-state index contributed by atoms with van der Waals surface area (Å²) in [7, 11) is 0. The molecular weight excluding hydrogens is 432 g/mol. The number of hydrogen-bond donors (Lipinski definition) is 2. The second kappa shape index (κ2) is 9.21. The summed E-state index contributed by atoms with van der Waals surface area (Å²) in [5.41, 5.74) is 3.30. The fourth-order valence-electron chi connectivity index (χ4n) is 4.14. The van der Waals surface area contributed by atoms with E-state index in [9.17, 15) is 9.90 Å². The van der Waals surface area contributed by atoms with Crippen LogP contribution in [0.5, 0.6) is 0 Å². The zero-order valence-corrected chi connectivity index (χ0v) is 18.8. The summed E-state index contributed by atoms with van der Waals surface area (Å²) in [4.78, 5) is 24.6. The van der Waals surface area contributed by atoms with Crippen LogP contribution in [0.1, 0.15) is 28.8 Å². The van der Waals surface area contributed by atoms with Gasteiger partial charge in [-0.25, -0.2) is 0 Å². The van der Waals surface area contributed by atoms with Gasteiger partial charge in [-0.3, -0.25) is 14.8 Å². The average Bonchev–Trinajstić information content (AvgIpc) is 2.88. The Morgan fingerprint density at radius 3 is 2.39 bits per heavy atom. The predicted octanol–water partition coefficient (Wildman–Crippen LogP) is 4.87. The van der Waals surface area contributed by atoms with E-state index in [2.05, 4.69) is 14.7 Å². The van der Waals surface area contributed by atoms with E-state index in [4.69, 9.17) is 0 Å². The first kappa shape index (κ1) is 21.4. The maximum Gasteiger partial charge on any atom is 0.253 e.